The van der Waals surface area contributed by atoms with Crippen LogP contribution in [0.5, 0.6) is 11.5 Å². The van der Waals surface area contributed by atoms with Gasteiger partial charge in [0.25, 0.3) is 5.91 Å². The molecule has 0 spiro atoms. The molecule has 2 atom stereocenters. The summed E-state index contributed by atoms with van der Waals surface area (Å²) in [6.45, 7) is 0.464. The Balaban J connectivity index is 2.06. The van der Waals surface area contributed by atoms with Crippen molar-refractivity contribution in [1.82, 2.24) is 5.32 Å². The standard InChI is InChI=1S/C15H20ClNO4/c1-20-13-7-10(6-11(16)14(13)21-2)15(19)17-8-9-4-3-5-12(9)18/h6-7,9,12,18H,3-5,8H2,1-2H3,(H,17,19). The number of halogens is 1. The van der Waals surface area contributed by atoms with Gasteiger partial charge in [0.2, 0.25) is 0 Å². The van der Waals surface area contributed by atoms with Crippen molar-refractivity contribution >= 4 is 17.5 Å². The summed E-state index contributed by atoms with van der Waals surface area (Å²) in [7, 11) is 2.98. The summed E-state index contributed by atoms with van der Waals surface area (Å²) in [5.74, 6) is 0.708. The van der Waals surface area contributed by atoms with Crippen LogP contribution in [-0.4, -0.2) is 37.9 Å². The average Bonchev–Trinajstić information content (AvgIpc) is 2.89. The first-order chi connectivity index (χ1) is 10.1. The third kappa shape index (κ3) is 3.60. The van der Waals surface area contributed by atoms with Crippen molar-refractivity contribution in [2.75, 3.05) is 20.8 Å². The van der Waals surface area contributed by atoms with Gasteiger partial charge in [-0.15, -0.1) is 0 Å². The molecule has 1 aromatic rings. The van der Waals surface area contributed by atoms with Crippen LogP contribution in [-0.2, 0) is 0 Å². The minimum absolute atomic E-state index is 0.129. The first kappa shape index (κ1) is 15.9. The largest absolute Gasteiger partial charge is 0.493 e. The highest BCUT2D eigenvalue weighted by molar-refractivity contribution is 6.32. The van der Waals surface area contributed by atoms with E-state index < -0.39 is 0 Å². The number of aliphatic hydroxyl groups excluding tert-OH is 1. The third-order valence-corrected chi connectivity index (χ3v) is 4.12. The molecule has 1 aromatic carbocycles. The molecular formula is C15H20ClNO4. The van der Waals surface area contributed by atoms with Gasteiger partial charge in [-0.2, -0.15) is 0 Å². The normalized spacial score (nSPS) is 21.1. The fourth-order valence-corrected chi connectivity index (χ4v) is 2.92. The van der Waals surface area contributed by atoms with E-state index in [9.17, 15) is 9.90 Å². The molecule has 1 fully saturated rings. The second-order valence-electron chi connectivity index (χ2n) is 5.16. The van der Waals surface area contributed by atoms with Crippen molar-refractivity contribution in [2.24, 2.45) is 5.92 Å². The van der Waals surface area contributed by atoms with E-state index in [1.165, 1.54) is 14.2 Å². The molecule has 5 nitrogen and oxygen atoms in total. The smallest absolute Gasteiger partial charge is 0.251 e. The van der Waals surface area contributed by atoms with Crippen LogP contribution in [0, 0.1) is 5.92 Å². The molecule has 1 aliphatic carbocycles. The van der Waals surface area contributed by atoms with Gasteiger partial charge in [-0.05, 0) is 25.0 Å². The minimum Gasteiger partial charge on any atom is -0.493 e. The van der Waals surface area contributed by atoms with Gasteiger partial charge in [-0.3, -0.25) is 4.79 Å². The van der Waals surface area contributed by atoms with Crippen LogP contribution in [0.2, 0.25) is 5.02 Å². The monoisotopic (exact) mass is 313 g/mol. The van der Waals surface area contributed by atoms with Gasteiger partial charge in [0, 0.05) is 18.0 Å². The molecule has 21 heavy (non-hydrogen) atoms. The lowest BCUT2D eigenvalue weighted by atomic mass is 10.1. The minimum atomic E-state index is -0.320. The molecule has 0 aromatic heterocycles. The Bertz CT molecular complexity index is 521. The van der Waals surface area contributed by atoms with Gasteiger partial charge in [-0.1, -0.05) is 18.0 Å². The van der Waals surface area contributed by atoms with E-state index in [0.717, 1.165) is 19.3 Å². The lowest BCUT2D eigenvalue weighted by Crippen LogP contribution is -2.32. The van der Waals surface area contributed by atoms with E-state index in [0.29, 0.717) is 28.6 Å². The molecule has 0 radical (unpaired) electrons. The molecule has 2 rings (SSSR count). The summed E-state index contributed by atoms with van der Waals surface area (Å²) in [5, 5.41) is 12.9. The number of aliphatic hydroxyl groups is 1. The van der Waals surface area contributed by atoms with E-state index >= 15 is 0 Å². The molecular weight excluding hydrogens is 294 g/mol. The van der Waals surface area contributed by atoms with Crippen molar-refractivity contribution in [2.45, 2.75) is 25.4 Å². The molecule has 2 N–H and O–H groups in total. The van der Waals surface area contributed by atoms with Gasteiger partial charge >= 0.3 is 0 Å². The van der Waals surface area contributed by atoms with Crippen LogP contribution >= 0.6 is 11.6 Å². The van der Waals surface area contributed by atoms with Crippen LogP contribution in [0.1, 0.15) is 29.6 Å². The van der Waals surface area contributed by atoms with Crippen molar-refractivity contribution in [3.63, 3.8) is 0 Å². The van der Waals surface area contributed by atoms with Gasteiger partial charge in [-0.25, -0.2) is 0 Å². The second-order valence-corrected chi connectivity index (χ2v) is 5.57. The quantitative estimate of drug-likeness (QED) is 0.875. The van der Waals surface area contributed by atoms with Crippen LogP contribution in [0.15, 0.2) is 12.1 Å². The van der Waals surface area contributed by atoms with Gasteiger partial charge in [0.15, 0.2) is 11.5 Å². The molecule has 0 saturated heterocycles. The van der Waals surface area contributed by atoms with Crippen molar-refractivity contribution < 1.29 is 19.4 Å². The summed E-state index contributed by atoms with van der Waals surface area (Å²) in [5.41, 5.74) is 0.408. The lowest BCUT2D eigenvalue weighted by molar-refractivity contribution is 0.0916. The number of ether oxygens (including phenoxy) is 2. The molecule has 0 bridgehead atoms. The maximum Gasteiger partial charge on any atom is 0.251 e. The Labute approximate surface area is 129 Å². The summed E-state index contributed by atoms with van der Waals surface area (Å²) >= 11 is 6.08. The maximum absolute atomic E-state index is 12.2. The lowest BCUT2D eigenvalue weighted by Gasteiger charge is -2.16. The van der Waals surface area contributed by atoms with E-state index in [-0.39, 0.29) is 17.9 Å². The molecule has 0 aliphatic heterocycles. The highest BCUT2D eigenvalue weighted by Gasteiger charge is 2.25. The number of carbonyl (C=O) groups is 1. The molecule has 1 amide bonds. The fraction of sp³-hybridized carbons (Fsp3) is 0.533. The SMILES string of the molecule is COc1cc(C(=O)NCC2CCCC2O)cc(Cl)c1OC. The average molecular weight is 314 g/mol. The Morgan fingerprint density at radius 1 is 1.38 bits per heavy atom. The van der Waals surface area contributed by atoms with Crippen molar-refractivity contribution in [3.8, 4) is 11.5 Å². The molecule has 2 unspecified atom stereocenters. The topological polar surface area (TPSA) is 67.8 Å². The number of methoxy groups -OCH3 is 2. The van der Waals surface area contributed by atoms with Gasteiger partial charge in [0.1, 0.15) is 0 Å². The number of carbonyl (C=O) groups excluding carboxylic acids is 1. The zero-order valence-corrected chi connectivity index (χ0v) is 12.9. The van der Waals surface area contributed by atoms with Crippen LogP contribution in [0.3, 0.4) is 0 Å². The number of rotatable bonds is 5. The number of hydrogen-bond donors (Lipinski definition) is 2. The van der Waals surface area contributed by atoms with Crippen LogP contribution in [0.25, 0.3) is 0 Å². The summed E-state index contributed by atoms with van der Waals surface area (Å²) < 4.78 is 10.3. The molecule has 1 saturated carbocycles. The predicted octanol–water partition coefficient (Wildman–Crippen LogP) is 2.25. The molecule has 0 heterocycles. The third-order valence-electron chi connectivity index (χ3n) is 3.84. The van der Waals surface area contributed by atoms with Crippen LogP contribution in [0.4, 0.5) is 0 Å². The zero-order valence-electron chi connectivity index (χ0n) is 12.2. The molecule has 1 aliphatic rings. The number of benzene rings is 1. The first-order valence-electron chi connectivity index (χ1n) is 6.94. The molecule has 6 heteroatoms. The Kier molecular flexibility index (Phi) is 5.31. The summed E-state index contributed by atoms with van der Waals surface area (Å²) in [4.78, 5) is 12.2. The summed E-state index contributed by atoms with van der Waals surface area (Å²) in [6, 6.07) is 3.13. The maximum atomic E-state index is 12.2. The van der Waals surface area contributed by atoms with Gasteiger partial charge in [0.05, 0.1) is 25.3 Å². The first-order valence-corrected chi connectivity index (χ1v) is 7.32. The molecule has 116 valence electrons. The van der Waals surface area contributed by atoms with Crippen LogP contribution < -0.4 is 14.8 Å². The van der Waals surface area contributed by atoms with Gasteiger partial charge < -0.3 is 19.9 Å². The fourth-order valence-electron chi connectivity index (χ4n) is 2.63. The Hall–Kier alpha value is -1.46. The highest BCUT2D eigenvalue weighted by Crippen LogP contribution is 2.36. The Morgan fingerprint density at radius 2 is 2.14 bits per heavy atom. The van der Waals surface area contributed by atoms with E-state index in [2.05, 4.69) is 5.32 Å². The zero-order chi connectivity index (χ0) is 15.4. The highest BCUT2D eigenvalue weighted by atomic mass is 35.5. The number of hydrogen-bond acceptors (Lipinski definition) is 4. The van der Waals surface area contributed by atoms with E-state index in [1.54, 1.807) is 12.1 Å². The second kappa shape index (κ2) is 7.00. The Morgan fingerprint density at radius 3 is 2.71 bits per heavy atom. The predicted molar refractivity (Wildman–Crippen MR) is 80.2 cm³/mol. The summed E-state index contributed by atoms with van der Waals surface area (Å²) in [6.07, 6.45) is 2.43. The van der Waals surface area contributed by atoms with Crippen molar-refractivity contribution in [1.29, 1.82) is 0 Å². The van der Waals surface area contributed by atoms with Crippen molar-refractivity contribution in [3.05, 3.63) is 22.7 Å². The van der Waals surface area contributed by atoms with E-state index in [4.69, 9.17) is 21.1 Å². The van der Waals surface area contributed by atoms with E-state index in [1.807, 2.05) is 0 Å². The number of amides is 1. The number of nitrogens with one attached hydrogen (secondary N) is 1.